The summed E-state index contributed by atoms with van der Waals surface area (Å²) in [6, 6.07) is 6.78. The molecule has 138 valence electrons. The van der Waals surface area contributed by atoms with Crippen LogP contribution in [0, 0.1) is 0 Å². The van der Waals surface area contributed by atoms with Crippen molar-refractivity contribution in [3.05, 3.63) is 51.8 Å². The lowest BCUT2D eigenvalue weighted by Crippen LogP contribution is -2.29. The molecule has 9 heteroatoms. The number of rotatable bonds is 6. The number of oxime groups is 1. The van der Waals surface area contributed by atoms with Crippen molar-refractivity contribution in [1.29, 1.82) is 0 Å². The molecule has 1 N–H and O–H groups in total. The number of benzene rings is 1. The fraction of sp³-hybridized carbons (Fsp3) is 0.235. The first kappa shape index (κ1) is 19.8. The van der Waals surface area contributed by atoms with E-state index in [0.29, 0.717) is 32.9 Å². The number of nitrogens with one attached hydrogen (secondary N) is 1. The number of carbonyl (C=O) groups excluding carboxylic acids is 1. The number of halogens is 2. The summed E-state index contributed by atoms with van der Waals surface area (Å²) in [4.78, 5) is 16.6. The molecule has 7 nitrogen and oxygen atoms in total. The van der Waals surface area contributed by atoms with Crippen LogP contribution >= 0.6 is 23.2 Å². The summed E-state index contributed by atoms with van der Waals surface area (Å²) in [6.45, 7) is 3.41. The normalized spacial score (nSPS) is 12.5. The van der Waals surface area contributed by atoms with Gasteiger partial charge in [-0.1, -0.05) is 28.4 Å². The maximum absolute atomic E-state index is 11.9. The Bertz CT molecular complexity index is 875. The molecule has 0 bridgehead atoms. The smallest absolute Gasteiger partial charge is 0.273 e. The average Bonchev–Trinajstić information content (AvgIpc) is 3.06. The van der Waals surface area contributed by atoms with Crippen LogP contribution in [0.1, 0.15) is 13.8 Å². The summed E-state index contributed by atoms with van der Waals surface area (Å²) in [6.07, 6.45) is 1.70. The number of nitrogens with zero attached hydrogens (tertiary/aromatic N) is 3. The summed E-state index contributed by atoms with van der Waals surface area (Å²) in [7, 11) is 2.87. The second-order valence-corrected chi connectivity index (χ2v) is 6.02. The van der Waals surface area contributed by atoms with Crippen molar-refractivity contribution in [3.63, 3.8) is 0 Å². The van der Waals surface area contributed by atoms with E-state index in [1.165, 1.54) is 14.2 Å². The number of allylic oxidation sites excluding steroid dienone is 1. The van der Waals surface area contributed by atoms with Crippen LogP contribution in [0.25, 0.3) is 5.69 Å². The molecule has 1 aromatic heterocycles. The van der Waals surface area contributed by atoms with Gasteiger partial charge in [-0.05, 0) is 32.0 Å². The Hall–Kier alpha value is -2.51. The number of ether oxygens (including phenoxy) is 1. The van der Waals surface area contributed by atoms with Gasteiger partial charge in [0.25, 0.3) is 5.91 Å². The lowest BCUT2D eigenvalue weighted by atomic mass is 10.1. The predicted molar refractivity (Wildman–Crippen MR) is 101 cm³/mol. The van der Waals surface area contributed by atoms with E-state index in [2.05, 4.69) is 15.6 Å². The van der Waals surface area contributed by atoms with Crippen molar-refractivity contribution in [2.24, 2.45) is 5.16 Å². The molecule has 1 amide bonds. The quantitative estimate of drug-likeness (QED) is 0.459. The molecule has 26 heavy (non-hydrogen) atoms. The van der Waals surface area contributed by atoms with Gasteiger partial charge in [0.15, 0.2) is 5.71 Å². The van der Waals surface area contributed by atoms with Crippen LogP contribution in [-0.4, -0.2) is 35.6 Å². The molecule has 0 aliphatic carbocycles. The largest absolute Gasteiger partial charge is 0.442 e. The van der Waals surface area contributed by atoms with Gasteiger partial charge in [0, 0.05) is 29.9 Å². The Morgan fingerprint density at radius 3 is 2.62 bits per heavy atom. The van der Waals surface area contributed by atoms with Crippen molar-refractivity contribution in [1.82, 2.24) is 15.1 Å². The second kappa shape index (κ2) is 8.73. The summed E-state index contributed by atoms with van der Waals surface area (Å²) >= 11 is 12.1. The van der Waals surface area contributed by atoms with Crippen molar-refractivity contribution in [2.45, 2.75) is 13.8 Å². The molecule has 0 saturated carbocycles. The molecule has 0 aliphatic rings. The minimum absolute atomic E-state index is 0.118. The van der Waals surface area contributed by atoms with E-state index >= 15 is 0 Å². The van der Waals surface area contributed by atoms with Crippen molar-refractivity contribution < 1.29 is 14.4 Å². The Balaban J connectivity index is 2.27. The number of hydrogen-bond donors (Lipinski definition) is 1. The molecule has 0 unspecified atom stereocenters. The Labute approximate surface area is 161 Å². The fourth-order valence-electron chi connectivity index (χ4n) is 2.05. The monoisotopic (exact) mass is 396 g/mol. The SMILES string of the molecule is CNC(=O)C(=N/OC)/C(C)=C(/C)Oc1ccn(-c2ccc(Cl)cc2Cl)n1. The summed E-state index contributed by atoms with van der Waals surface area (Å²) in [5.41, 5.74) is 1.30. The van der Waals surface area contributed by atoms with Crippen LogP contribution in [0.5, 0.6) is 5.88 Å². The second-order valence-electron chi connectivity index (χ2n) is 5.18. The van der Waals surface area contributed by atoms with Gasteiger partial charge in [-0.15, -0.1) is 5.10 Å². The fourth-order valence-corrected chi connectivity index (χ4v) is 2.55. The van der Waals surface area contributed by atoms with Gasteiger partial charge >= 0.3 is 0 Å². The zero-order valence-electron chi connectivity index (χ0n) is 14.7. The highest BCUT2D eigenvalue weighted by Crippen LogP contribution is 2.25. The zero-order chi connectivity index (χ0) is 19.3. The predicted octanol–water partition coefficient (Wildman–Crippen LogP) is 3.60. The molecule has 0 saturated heterocycles. The standard InChI is InChI=1S/C17H18Cl2N4O3/c1-10(16(22-25-4)17(24)20-3)11(2)26-15-7-8-23(21-15)14-6-5-12(18)9-13(14)19/h5-9H,1-4H3,(H,20,24)/b11-10-,22-16+. The van der Waals surface area contributed by atoms with E-state index in [9.17, 15) is 4.79 Å². The highest BCUT2D eigenvalue weighted by Gasteiger charge is 2.17. The van der Waals surface area contributed by atoms with E-state index in [1.807, 2.05) is 0 Å². The Kier molecular flexibility index (Phi) is 6.65. The van der Waals surface area contributed by atoms with Crippen LogP contribution in [-0.2, 0) is 9.63 Å². The molecule has 0 fully saturated rings. The minimum atomic E-state index is -0.384. The van der Waals surface area contributed by atoms with E-state index in [4.69, 9.17) is 32.8 Å². The molecule has 1 aromatic carbocycles. The topological polar surface area (TPSA) is 77.7 Å². The molecular formula is C17H18Cl2N4O3. The third-order valence-electron chi connectivity index (χ3n) is 3.49. The first-order chi connectivity index (χ1) is 12.4. The van der Waals surface area contributed by atoms with Gasteiger partial charge < -0.3 is 14.9 Å². The zero-order valence-corrected chi connectivity index (χ0v) is 16.2. The highest BCUT2D eigenvalue weighted by molar-refractivity contribution is 6.45. The maximum Gasteiger partial charge on any atom is 0.273 e. The van der Waals surface area contributed by atoms with Gasteiger partial charge in [-0.2, -0.15) is 0 Å². The van der Waals surface area contributed by atoms with E-state index in [1.54, 1.807) is 49.0 Å². The molecule has 0 spiro atoms. The van der Waals surface area contributed by atoms with Gasteiger partial charge in [-0.3, -0.25) is 4.79 Å². The summed E-state index contributed by atoms with van der Waals surface area (Å²) in [5, 5.41) is 11.6. The molecule has 2 rings (SSSR count). The van der Waals surface area contributed by atoms with Crippen LogP contribution in [0.4, 0.5) is 0 Å². The third kappa shape index (κ3) is 4.56. The van der Waals surface area contributed by atoms with Crippen LogP contribution in [0.15, 0.2) is 47.0 Å². The van der Waals surface area contributed by atoms with Crippen LogP contribution in [0.3, 0.4) is 0 Å². The van der Waals surface area contributed by atoms with E-state index in [-0.39, 0.29) is 11.6 Å². The lowest BCUT2D eigenvalue weighted by molar-refractivity contribution is -0.114. The van der Waals surface area contributed by atoms with Crippen molar-refractivity contribution >= 4 is 34.8 Å². The molecular weight excluding hydrogens is 379 g/mol. The van der Waals surface area contributed by atoms with E-state index < -0.39 is 0 Å². The van der Waals surface area contributed by atoms with Crippen molar-refractivity contribution in [3.8, 4) is 11.6 Å². The molecule has 0 radical (unpaired) electrons. The summed E-state index contributed by atoms with van der Waals surface area (Å²) in [5.74, 6) is 0.407. The number of carbonyl (C=O) groups is 1. The lowest BCUT2D eigenvalue weighted by Gasteiger charge is -2.09. The van der Waals surface area contributed by atoms with Gasteiger partial charge in [0.05, 0.1) is 10.7 Å². The van der Waals surface area contributed by atoms with Crippen LogP contribution in [0.2, 0.25) is 10.0 Å². The molecule has 2 aromatic rings. The minimum Gasteiger partial charge on any atom is -0.442 e. The van der Waals surface area contributed by atoms with Gasteiger partial charge in [0.2, 0.25) is 5.88 Å². The first-order valence-electron chi connectivity index (χ1n) is 7.57. The molecule has 1 heterocycles. The molecule has 0 aliphatic heterocycles. The van der Waals surface area contributed by atoms with Crippen LogP contribution < -0.4 is 10.1 Å². The number of aromatic nitrogens is 2. The number of amides is 1. The van der Waals surface area contributed by atoms with E-state index in [0.717, 1.165) is 0 Å². The van der Waals surface area contributed by atoms with Gasteiger partial charge in [0.1, 0.15) is 12.9 Å². The maximum atomic E-state index is 11.9. The van der Waals surface area contributed by atoms with Crippen molar-refractivity contribution in [2.75, 3.05) is 14.2 Å². The molecule has 0 atom stereocenters. The Morgan fingerprint density at radius 1 is 1.27 bits per heavy atom. The first-order valence-corrected chi connectivity index (χ1v) is 8.33. The highest BCUT2D eigenvalue weighted by atomic mass is 35.5. The third-order valence-corrected chi connectivity index (χ3v) is 4.02. The average molecular weight is 397 g/mol. The Morgan fingerprint density at radius 2 is 2.00 bits per heavy atom. The number of hydrogen-bond acceptors (Lipinski definition) is 5. The van der Waals surface area contributed by atoms with Gasteiger partial charge in [-0.25, -0.2) is 4.68 Å². The summed E-state index contributed by atoms with van der Waals surface area (Å²) < 4.78 is 7.29.